The quantitative estimate of drug-likeness (QED) is 0.564. The van der Waals surface area contributed by atoms with Crippen LogP contribution in [0.1, 0.15) is 0 Å². The summed E-state index contributed by atoms with van der Waals surface area (Å²) >= 11 is 6.31. The van der Waals surface area contributed by atoms with E-state index in [1.54, 1.807) is 24.4 Å². The number of hydrogen-bond acceptors (Lipinski definition) is 6. The minimum absolute atomic E-state index is 0.216. The van der Waals surface area contributed by atoms with Crippen LogP contribution in [0.25, 0.3) is 17.0 Å². The second-order valence-corrected chi connectivity index (χ2v) is 8.24. The molecule has 0 aliphatic carbocycles. The average Bonchev–Trinajstić information content (AvgIpc) is 2.97. The topological polar surface area (TPSA) is 89.2 Å². The number of anilines is 2. The molecule has 3 heterocycles. The first kappa shape index (κ1) is 17.4. The monoisotopic (exact) mass is 399 g/mol. The van der Waals surface area contributed by atoms with Gasteiger partial charge in [0.25, 0.3) is 0 Å². The molecule has 0 spiro atoms. The Morgan fingerprint density at radius 1 is 1.07 bits per heavy atom. The summed E-state index contributed by atoms with van der Waals surface area (Å²) in [6, 6.07) is 13.8. The summed E-state index contributed by atoms with van der Waals surface area (Å²) in [7, 11) is -3.30. The fourth-order valence-electron chi connectivity index (χ4n) is 2.68. The molecule has 4 rings (SSSR count). The van der Waals surface area contributed by atoms with E-state index in [4.69, 9.17) is 11.6 Å². The molecule has 27 heavy (non-hydrogen) atoms. The van der Waals surface area contributed by atoms with E-state index < -0.39 is 9.84 Å². The maximum absolute atomic E-state index is 11.7. The second kappa shape index (κ2) is 6.64. The Morgan fingerprint density at radius 3 is 2.74 bits per heavy atom. The lowest BCUT2D eigenvalue weighted by molar-refractivity contribution is 0.602. The van der Waals surface area contributed by atoms with E-state index in [0.29, 0.717) is 33.8 Å². The van der Waals surface area contributed by atoms with E-state index >= 15 is 0 Å². The number of benzene rings is 1. The number of aromatic nitrogens is 4. The van der Waals surface area contributed by atoms with Crippen LogP contribution in [-0.4, -0.2) is 34.0 Å². The van der Waals surface area contributed by atoms with Crippen molar-refractivity contribution in [2.75, 3.05) is 11.6 Å². The first-order valence-corrected chi connectivity index (χ1v) is 10.2. The number of rotatable bonds is 4. The van der Waals surface area contributed by atoms with Crippen molar-refractivity contribution in [3.8, 4) is 11.4 Å². The molecule has 0 amide bonds. The van der Waals surface area contributed by atoms with Crippen LogP contribution >= 0.6 is 11.6 Å². The third-order valence-corrected chi connectivity index (χ3v) is 5.28. The van der Waals surface area contributed by atoms with Gasteiger partial charge in [0.15, 0.2) is 15.0 Å². The molecule has 136 valence electrons. The van der Waals surface area contributed by atoms with E-state index in [2.05, 4.69) is 20.3 Å². The van der Waals surface area contributed by atoms with Gasteiger partial charge < -0.3 is 5.32 Å². The Labute approximate surface area is 160 Å². The fraction of sp³-hybridized carbons (Fsp3) is 0.0556. The lowest BCUT2D eigenvalue weighted by Gasteiger charge is -2.08. The molecular formula is C18H14ClN5O2S. The molecule has 0 saturated carbocycles. The number of pyridine rings is 1. The molecule has 1 N–H and O–H groups in total. The van der Waals surface area contributed by atoms with Gasteiger partial charge in [-0.15, -0.1) is 0 Å². The number of sulfone groups is 1. The van der Waals surface area contributed by atoms with E-state index in [0.717, 1.165) is 6.26 Å². The van der Waals surface area contributed by atoms with E-state index in [1.807, 2.05) is 28.8 Å². The SMILES string of the molecule is CS(=O)(=O)c1cccc(Nc2nccc(-c3c(Cl)nc4ccccn34)n2)c1. The first-order chi connectivity index (χ1) is 12.9. The largest absolute Gasteiger partial charge is 0.324 e. The normalized spacial score (nSPS) is 11.6. The van der Waals surface area contributed by atoms with E-state index in [9.17, 15) is 8.42 Å². The van der Waals surface area contributed by atoms with Crippen molar-refractivity contribution in [3.63, 3.8) is 0 Å². The van der Waals surface area contributed by atoms with Crippen molar-refractivity contribution in [2.45, 2.75) is 4.90 Å². The Kier molecular flexibility index (Phi) is 4.29. The number of hydrogen-bond donors (Lipinski definition) is 1. The van der Waals surface area contributed by atoms with Crippen molar-refractivity contribution >= 4 is 38.7 Å². The van der Waals surface area contributed by atoms with Gasteiger partial charge in [-0.25, -0.2) is 23.4 Å². The van der Waals surface area contributed by atoms with E-state index in [1.165, 1.54) is 12.1 Å². The zero-order valence-electron chi connectivity index (χ0n) is 14.2. The molecule has 1 aromatic carbocycles. The molecule has 0 saturated heterocycles. The highest BCUT2D eigenvalue weighted by molar-refractivity contribution is 7.90. The van der Waals surface area contributed by atoms with Crippen LogP contribution in [0, 0.1) is 0 Å². The maximum atomic E-state index is 11.7. The zero-order chi connectivity index (χ0) is 19.0. The zero-order valence-corrected chi connectivity index (χ0v) is 15.7. The Balaban J connectivity index is 1.72. The van der Waals surface area contributed by atoms with Crippen molar-refractivity contribution in [3.05, 3.63) is 66.1 Å². The Hall–Kier alpha value is -2.97. The third kappa shape index (κ3) is 3.49. The summed E-state index contributed by atoms with van der Waals surface area (Å²) in [5.74, 6) is 0.320. The van der Waals surface area contributed by atoms with Gasteiger partial charge in [0.1, 0.15) is 11.3 Å². The molecule has 0 radical (unpaired) electrons. The van der Waals surface area contributed by atoms with Crippen molar-refractivity contribution in [2.24, 2.45) is 0 Å². The summed E-state index contributed by atoms with van der Waals surface area (Å²) in [6.45, 7) is 0. The van der Waals surface area contributed by atoms with Gasteiger partial charge in [-0.3, -0.25) is 4.40 Å². The number of nitrogens with one attached hydrogen (secondary N) is 1. The average molecular weight is 400 g/mol. The van der Waals surface area contributed by atoms with E-state index in [-0.39, 0.29) is 4.90 Å². The van der Waals surface area contributed by atoms with Gasteiger partial charge in [0.05, 0.1) is 10.6 Å². The number of imidazole rings is 1. The minimum Gasteiger partial charge on any atom is -0.324 e. The predicted octanol–water partition coefficient (Wildman–Crippen LogP) is 3.59. The lowest BCUT2D eigenvalue weighted by atomic mass is 10.3. The van der Waals surface area contributed by atoms with Crippen LogP contribution in [0.4, 0.5) is 11.6 Å². The first-order valence-electron chi connectivity index (χ1n) is 7.95. The summed E-state index contributed by atoms with van der Waals surface area (Å²) in [5, 5.41) is 3.36. The standard InChI is InChI=1S/C18H14ClN5O2S/c1-27(25,26)13-6-4-5-12(11-13)21-18-20-9-8-14(22-18)16-17(19)23-15-7-2-3-10-24(15)16/h2-11H,1H3,(H,20,21,22). The summed E-state index contributed by atoms with van der Waals surface area (Å²) < 4.78 is 25.3. The number of halogens is 1. The molecule has 3 aromatic heterocycles. The molecule has 0 aliphatic rings. The van der Waals surface area contributed by atoms with Gasteiger partial charge >= 0.3 is 0 Å². The molecule has 0 unspecified atom stereocenters. The van der Waals surface area contributed by atoms with Gasteiger partial charge in [-0.2, -0.15) is 0 Å². The molecule has 0 aliphatic heterocycles. The maximum Gasteiger partial charge on any atom is 0.227 e. The minimum atomic E-state index is -3.30. The highest BCUT2D eigenvalue weighted by Gasteiger charge is 2.14. The highest BCUT2D eigenvalue weighted by Crippen LogP contribution is 2.28. The molecule has 0 fully saturated rings. The lowest BCUT2D eigenvalue weighted by Crippen LogP contribution is -2.01. The molecule has 4 aromatic rings. The summed E-state index contributed by atoms with van der Waals surface area (Å²) in [6.07, 6.45) is 4.62. The molecular weight excluding hydrogens is 386 g/mol. The van der Waals surface area contributed by atoms with Crippen LogP contribution in [0.3, 0.4) is 0 Å². The van der Waals surface area contributed by atoms with Gasteiger partial charge in [0.2, 0.25) is 5.95 Å². The summed E-state index contributed by atoms with van der Waals surface area (Å²) in [4.78, 5) is 13.2. The predicted molar refractivity (Wildman–Crippen MR) is 104 cm³/mol. The van der Waals surface area contributed by atoms with Crippen LogP contribution in [0.2, 0.25) is 5.15 Å². The fourth-order valence-corrected chi connectivity index (χ4v) is 3.62. The van der Waals surface area contributed by atoms with Crippen LogP contribution < -0.4 is 5.32 Å². The Morgan fingerprint density at radius 2 is 1.93 bits per heavy atom. The van der Waals surface area contributed by atoms with Crippen LogP contribution in [0.5, 0.6) is 0 Å². The van der Waals surface area contributed by atoms with Crippen LogP contribution in [0.15, 0.2) is 65.8 Å². The van der Waals surface area contributed by atoms with Crippen LogP contribution in [-0.2, 0) is 9.84 Å². The third-order valence-electron chi connectivity index (χ3n) is 3.90. The Bertz CT molecular complexity index is 1250. The number of nitrogens with zero attached hydrogens (tertiary/aromatic N) is 4. The second-order valence-electron chi connectivity index (χ2n) is 5.87. The van der Waals surface area contributed by atoms with Gasteiger partial charge in [-0.05, 0) is 36.4 Å². The highest BCUT2D eigenvalue weighted by atomic mass is 35.5. The number of fused-ring (bicyclic) bond motifs is 1. The smallest absolute Gasteiger partial charge is 0.227 e. The van der Waals surface area contributed by atoms with Gasteiger partial charge in [-0.1, -0.05) is 23.7 Å². The van der Waals surface area contributed by atoms with Crippen molar-refractivity contribution < 1.29 is 8.42 Å². The molecule has 9 heteroatoms. The molecule has 0 atom stereocenters. The van der Waals surface area contributed by atoms with Crippen molar-refractivity contribution in [1.29, 1.82) is 0 Å². The molecule has 0 bridgehead atoms. The van der Waals surface area contributed by atoms with Gasteiger partial charge in [0, 0.05) is 24.3 Å². The van der Waals surface area contributed by atoms with Crippen molar-refractivity contribution in [1.82, 2.24) is 19.4 Å². The summed E-state index contributed by atoms with van der Waals surface area (Å²) in [5.41, 5.74) is 2.53. The molecule has 7 nitrogen and oxygen atoms in total.